The summed E-state index contributed by atoms with van der Waals surface area (Å²) >= 11 is 0. The molecule has 18 aromatic carbocycles. The van der Waals surface area contributed by atoms with Crippen molar-refractivity contribution < 1.29 is 0 Å². The molecule has 0 amide bonds. The average Bonchev–Trinajstić information content (AvgIpc) is 1.55. The van der Waals surface area contributed by atoms with E-state index in [2.05, 4.69) is 503 Å². The van der Waals surface area contributed by atoms with Gasteiger partial charge < -0.3 is 0 Å². The smallest absolute Gasteiger partial charge is 0.0622 e. The molecule has 0 aliphatic heterocycles. The number of aryl methyl sites for hydroxylation is 5. The first kappa shape index (κ1) is 76.0. The fourth-order valence-electron chi connectivity index (χ4n) is 21.4. The molecule has 0 N–H and O–H groups in total. The Hall–Kier alpha value is -14.0. The largest absolute Gasteiger partial charge is 0.0716 e. The molecule has 0 saturated carbocycles. The first-order chi connectivity index (χ1) is 58.9. The maximum Gasteiger partial charge on any atom is 0.0716 e. The van der Waals surface area contributed by atoms with Gasteiger partial charge in [-0.05, 0) is 207 Å². The first-order valence-electron chi connectivity index (χ1n) is 42.4. The summed E-state index contributed by atoms with van der Waals surface area (Å²) in [7, 11) is 0. The molecule has 0 unspecified atom stereocenters. The normalized spacial score (nSPS) is 14.1. The second-order valence-electron chi connectivity index (χ2n) is 33.4. The van der Waals surface area contributed by atoms with E-state index in [-0.39, 0.29) is 27.1 Å². The van der Waals surface area contributed by atoms with Crippen molar-refractivity contribution in [1.82, 2.24) is 0 Å². The summed E-state index contributed by atoms with van der Waals surface area (Å²) in [5, 5.41) is 0. The van der Waals surface area contributed by atoms with Gasteiger partial charge >= 0.3 is 0 Å². The van der Waals surface area contributed by atoms with E-state index < -0.39 is 0 Å². The van der Waals surface area contributed by atoms with Gasteiger partial charge in [0.25, 0.3) is 0 Å². The number of fused-ring (bicyclic) bond motifs is 15. The summed E-state index contributed by atoms with van der Waals surface area (Å²) in [5.74, 6) is 0. The molecule has 0 fully saturated rings. The minimum atomic E-state index is -0.264. The van der Waals surface area contributed by atoms with Crippen LogP contribution in [0, 0.1) is 34.6 Å². The molecule has 120 heavy (non-hydrogen) atoms. The van der Waals surface area contributed by atoms with Crippen LogP contribution in [0.2, 0.25) is 0 Å². The summed E-state index contributed by atoms with van der Waals surface area (Å²) in [5.41, 5.74) is 44.0. The molecule has 0 saturated heterocycles. The van der Waals surface area contributed by atoms with Crippen LogP contribution in [0.3, 0.4) is 0 Å². The van der Waals surface area contributed by atoms with E-state index in [1.807, 2.05) is 0 Å². The zero-order valence-corrected chi connectivity index (χ0v) is 69.3. The highest BCUT2D eigenvalue weighted by molar-refractivity contribution is 5.92. The van der Waals surface area contributed by atoms with Crippen molar-refractivity contribution in [3.63, 3.8) is 0 Å². The van der Waals surface area contributed by atoms with Gasteiger partial charge in [-0.2, -0.15) is 0 Å². The molecule has 0 heteroatoms. The lowest BCUT2D eigenvalue weighted by Gasteiger charge is -2.34. The SMILES string of the molecule is Cc1ccc2c(c1)-c1ccccc1C2(c1ccccc1)c1ccccc1.Cc1ccc2c(c1)C(c1ccccc1)(c1ccccc1)c1ccccc1-2.Cc1cccc2c1-c1ccccc1C2(C)C.Cc1cccc2c1-c1ccccc1C2(c1ccccc1)c1ccccc1.Cc1cccc2c1C(c1ccccc1)(c1ccccc1)c1ccccc1-2. The van der Waals surface area contributed by atoms with Gasteiger partial charge in [0.05, 0.1) is 21.7 Å². The predicted octanol–water partition coefficient (Wildman–Crippen LogP) is 29.7. The van der Waals surface area contributed by atoms with Crippen LogP contribution in [0.25, 0.3) is 55.6 Å². The quantitative estimate of drug-likeness (QED) is 0.142. The summed E-state index contributed by atoms with van der Waals surface area (Å²) in [6.07, 6.45) is 0. The Morgan fingerprint density at radius 2 is 0.400 bits per heavy atom. The van der Waals surface area contributed by atoms with Crippen molar-refractivity contribution in [2.24, 2.45) is 0 Å². The third-order valence-corrected chi connectivity index (χ3v) is 26.4. The van der Waals surface area contributed by atoms with Gasteiger partial charge in [-0.1, -0.05) is 480 Å². The third kappa shape index (κ3) is 12.2. The van der Waals surface area contributed by atoms with E-state index >= 15 is 0 Å². The van der Waals surface area contributed by atoms with Gasteiger partial charge in [-0.15, -0.1) is 0 Å². The molecule has 0 heterocycles. The fourth-order valence-corrected chi connectivity index (χ4v) is 21.4. The maximum atomic E-state index is 2.37. The van der Waals surface area contributed by atoms with Gasteiger partial charge in [-0.25, -0.2) is 0 Å². The summed E-state index contributed by atoms with van der Waals surface area (Å²) in [6, 6.07) is 166. The van der Waals surface area contributed by atoms with E-state index in [1.54, 1.807) is 0 Å². The summed E-state index contributed by atoms with van der Waals surface area (Å²) < 4.78 is 0. The van der Waals surface area contributed by atoms with E-state index in [9.17, 15) is 0 Å². The van der Waals surface area contributed by atoms with E-state index in [1.165, 1.54) is 184 Å². The molecule has 0 radical (unpaired) electrons. The first-order valence-corrected chi connectivity index (χ1v) is 42.4. The van der Waals surface area contributed by atoms with Crippen LogP contribution in [-0.4, -0.2) is 0 Å². The molecule has 23 rings (SSSR count). The zero-order chi connectivity index (χ0) is 81.6. The van der Waals surface area contributed by atoms with Gasteiger partial charge in [0.1, 0.15) is 0 Å². The minimum Gasteiger partial charge on any atom is -0.0622 e. The molecule has 5 aliphatic rings. The number of hydrogen-bond acceptors (Lipinski definition) is 0. The van der Waals surface area contributed by atoms with Gasteiger partial charge in [0.15, 0.2) is 0 Å². The van der Waals surface area contributed by atoms with Gasteiger partial charge in [0, 0.05) is 5.41 Å². The molecule has 0 nitrogen and oxygen atoms in total. The van der Waals surface area contributed by atoms with Crippen LogP contribution in [0.1, 0.15) is 142 Å². The van der Waals surface area contributed by atoms with Crippen LogP contribution in [0.5, 0.6) is 0 Å². The summed E-state index contributed by atoms with van der Waals surface area (Å²) in [6.45, 7) is 15.7. The molecule has 0 bridgehead atoms. The minimum absolute atomic E-state index is 0.151. The second-order valence-corrected chi connectivity index (χ2v) is 33.4. The highest BCUT2D eigenvalue weighted by atomic mass is 14.5. The zero-order valence-electron chi connectivity index (χ0n) is 69.3. The molecular weight excluding hydrogens is 1440 g/mol. The van der Waals surface area contributed by atoms with Crippen LogP contribution in [0.4, 0.5) is 0 Å². The van der Waals surface area contributed by atoms with Gasteiger partial charge in [-0.3, -0.25) is 0 Å². The molecule has 0 spiro atoms. The second kappa shape index (κ2) is 31.4. The number of benzene rings is 18. The molecule has 5 aliphatic carbocycles. The van der Waals surface area contributed by atoms with E-state index in [0.717, 1.165) is 0 Å². The lowest BCUT2D eigenvalue weighted by atomic mass is 9.67. The highest BCUT2D eigenvalue weighted by Gasteiger charge is 2.51. The number of hydrogen-bond donors (Lipinski definition) is 0. The molecule has 576 valence electrons. The van der Waals surface area contributed by atoms with Crippen LogP contribution >= 0.6 is 0 Å². The maximum absolute atomic E-state index is 2.37. The van der Waals surface area contributed by atoms with Crippen molar-refractivity contribution in [2.75, 3.05) is 0 Å². The van der Waals surface area contributed by atoms with Crippen molar-refractivity contribution in [2.45, 2.75) is 75.5 Å². The fraction of sp³-hybridized carbons (Fsp3) is 0.100. The third-order valence-electron chi connectivity index (χ3n) is 26.4. The van der Waals surface area contributed by atoms with E-state index in [4.69, 9.17) is 0 Å². The van der Waals surface area contributed by atoms with E-state index in [0.29, 0.717) is 0 Å². The topological polar surface area (TPSA) is 0 Å². The molecular formula is C120H96. The van der Waals surface area contributed by atoms with Gasteiger partial charge in [0.2, 0.25) is 0 Å². The lowest BCUT2D eigenvalue weighted by Crippen LogP contribution is -2.29. The van der Waals surface area contributed by atoms with Crippen LogP contribution in [-0.2, 0) is 27.1 Å². The van der Waals surface area contributed by atoms with Crippen LogP contribution in [0.15, 0.2) is 455 Å². The monoisotopic (exact) mass is 1540 g/mol. The Labute approximate surface area is 709 Å². The molecule has 18 aromatic rings. The Kier molecular flexibility index (Phi) is 19.9. The van der Waals surface area contributed by atoms with Crippen molar-refractivity contribution in [3.05, 3.63) is 583 Å². The lowest BCUT2D eigenvalue weighted by molar-refractivity contribution is 0.660. The predicted molar refractivity (Wildman–Crippen MR) is 503 cm³/mol. The summed E-state index contributed by atoms with van der Waals surface area (Å²) in [4.78, 5) is 0. The Balaban J connectivity index is 0.000000100. The molecule has 0 atom stereocenters. The Morgan fingerprint density at radius 3 is 0.833 bits per heavy atom. The van der Waals surface area contributed by atoms with Crippen molar-refractivity contribution in [3.8, 4) is 55.6 Å². The highest BCUT2D eigenvalue weighted by Crippen LogP contribution is 2.62. The Bertz CT molecular complexity index is 6510. The number of rotatable bonds is 8. The van der Waals surface area contributed by atoms with Crippen LogP contribution < -0.4 is 0 Å². The standard InChI is InChI=1S/4C26H20.C16H16/c1-19-11-10-17-23-22-16-8-9-18-24(22)26(25(19)23,20-12-4-2-5-13-20)21-14-6-3-7-15-21;1-19-11-10-18-24-25(19)22-16-8-9-17-23(22)26(24,20-12-4-2-5-13-20)21-14-6-3-7-15-21;1-19-16-17-25-23(18-19)22-14-8-9-15-24(22)26(25,20-10-4-2-5-11-20)21-12-6-3-7-13-21;1-19-16-17-23-22-14-8-9-15-24(22)26(25(23)18-19,20-10-4-2-5-11-20)21-12-6-3-7-13-21;1-11-7-6-10-14-15(11)12-8-4-5-9-13(12)16(14,2)3/h4*2-18H,1H3;4-10H,1-3H3. The Morgan fingerprint density at radius 1 is 0.150 bits per heavy atom. The van der Waals surface area contributed by atoms with Crippen molar-refractivity contribution in [1.29, 1.82) is 0 Å². The molecule has 0 aromatic heterocycles. The van der Waals surface area contributed by atoms with Crippen molar-refractivity contribution >= 4 is 0 Å². The average molecular weight is 1540 g/mol.